The Morgan fingerprint density at radius 1 is 1.29 bits per heavy atom. The molecule has 0 bridgehead atoms. The Morgan fingerprint density at radius 3 is 3.00 bits per heavy atom. The Bertz CT molecular complexity index is 662. The highest BCUT2D eigenvalue weighted by Crippen LogP contribution is 2.29. The molecule has 3 rings (SSSR count). The minimum Gasteiger partial charge on any atom is -0.311 e. The number of rotatable bonds is 3. The van der Waals surface area contributed by atoms with E-state index in [0.29, 0.717) is 15.8 Å². The highest BCUT2D eigenvalue weighted by molar-refractivity contribution is 8.00. The minimum atomic E-state index is 0.105. The van der Waals surface area contributed by atoms with Crippen LogP contribution in [0.2, 0.25) is 5.02 Å². The van der Waals surface area contributed by atoms with Gasteiger partial charge < -0.3 is 4.90 Å². The number of thioether (sulfide) groups is 1. The van der Waals surface area contributed by atoms with Crippen LogP contribution < -0.4 is 4.90 Å². The number of anilines is 1. The molecule has 2 heterocycles. The van der Waals surface area contributed by atoms with E-state index in [4.69, 9.17) is 11.6 Å². The molecule has 0 atom stereocenters. The lowest BCUT2D eigenvalue weighted by atomic mass is 10.0. The summed E-state index contributed by atoms with van der Waals surface area (Å²) in [5.41, 5.74) is 2.29. The molecule has 0 unspecified atom stereocenters. The second kappa shape index (κ2) is 6.50. The fourth-order valence-electron chi connectivity index (χ4n) is 2.48. The van der Waals surface area contributed by atoms with Crippen molar-refractivity contribution < 1.29 is 4.79 Å². The van der Waals surface area contributed by atoms with Gasteiger partial charge >= 0.3 is 0 Å². The maximum atomic E-state index is 12.5. The van der Waals surface area contributed by atoms with Crippen LogP contribution in [-0.2, 0) is 11.2 Å². The summed E-state index contributed by atoms with van der Waals surface area (Å²) < 4.78 is 0. The van der Waals surface area contributed by atoms with Crippen LogP contribution >= 0.6 is 23.4 Å². The second-order valence-electron chi connectivity index (χ2n) is 4.86. The summed E-state index contributed by atoms with van der Waals surface area (Å²) in [6, 6.07) is 11.7. The summed E-state index contributed by atoms with van der Waals surface area (Å²) in [4.78, 5) is 18.6. The van der Waals surface area contributed by atoms with E-state index < -0.39 is 0 Å². The lowest BCUT2D eigenvalue weighted by Crippen LogP contribution is -2.36. The monoisotopic (exact) mass is 318 g/mol. The Labute approximate surface area is 133 Å². The highest BCUT2D eigenvalue weighted by atomic mass is 35.5. The first kappa shape index (κ1) is 14.4. The fourth-order valence-corrected chi connectivity index (χ4v) is 3.52. The molecule has 1 aromatic carbocycles. The number of carbonyl (C=O) groups is 1. The van der Waals surface area contributed by atoms with E-state index in [9.17, 15) is 4.79 Å². The molecule has 0 saturated heterocycles. The summed E-state index contributed by atoms with van der Waals surface area (Å²) in [5.74, 6) is 0.458. The summed E-state index contributed by atoms with van der Waals surface area (Å²) >= 11 is 7.46. The SMILES string of the molecule is O=C(CSc1ncccc1Cl)N1CCCc2ccccc21. The van der Waals surface area contributed by atoms with Gasteiger partial charge in [-0.1, -0.05) is 41.6 Å². The normalized spacial score (nSPS) is 13.9. The Balaban J connectivity index is 1.71. The van der Waals surface area contributed by atoms with E-state index in [0.717, 1.165) is 25.1 Å². The number of aryl methyl sites for hydroxylation is 1. The molecular weight excluding hydrogens is 304 g/mol. The predicted molar refractivity (Wildman–Crippen MR) is 87.1 cm³/mol. The zero-order valence-electron chi connectivity index (χ0n) is 11.5. The molecule has 0 spiro atoms. The zero-order chi connectivity index (χ0) is 14.7. The quantitative estimate of drug-likeness (QED) is 0.807. The molecule has 3 nitrogen and oxygen atoms in total. The summed E-state index contributed by atoms with van der Waals surface area (Å²) in [7, 11) is 0. The van der Waals surface area contributed by atoms with Gasteiger partial charge in [-0.25, -0.2) is 4.98 Å². The number of carbonyl (C=O) groups excluding carboxylic acids is 1. The average molecular weight is 319 g/mol. The topological polar surface area (TPSA) is 33.2 Å². The third-order valence-electron chi connectivity index (χ3n) is 3.47. The maximum absolute atomic E-state index is 12.5. The van der Waals surface area contributed by atoms with Gasteiger partial charge in [0.05, 0.1) is 10.8 Å². The summed E-state index contributed by atoms with van der Waals surface area (Å²) in [6.07, 6.45) is 3.74. The van der Waals surface area contributed by atoms with Crippen LogP contribution in [0, 0.1) is 0 Å². The van der Waals surface area contributed by atoms with Crippen LogP contribution in [0.15, 0.2) is 47.6 Å². The number of pyridine rings is 1. The molecule has 0 saturated carbocycles. The number of hydrogen-bond acceptors (Lipinski definition) is 3. The third-order valence-corrected chi connectivity index (χ3v) is 4.88. The van der Waals surface area contributed by atoms with Gasteiger partial charge in [0, 0.05) is 18.4 Å². The molecule has 5 heteroatoms. The number of hydrogen-bond donors (Lipinski definition) is 0. The molecule has 0 radical (unpaired) electrons. The van der Waals surface area contributed by atoms with Gasteiger partial charge in [0.15, 0.2) is 0 Å². The van der Waals surface area contributed by atoms with Crippen LogP contribution in [0.1, 0.15) is 12.0 Å². The van der Waals surface area contributed by atoms with Gasteiger partial charge in [0.1, 0.15) is 5.03 Å². The number of fused-ring (bicyclic) bond motifs is 1. The lowest BCUT2D eigenvalue weighted by molar-refractivity contribution is -0.116. The Hall–Kier alpha value is -1.52. The number of halogens is 1. The van der Waals surface area contributed by atoms with Crippen molar-refractivity contribution in [3.8, 4) is 0 Å². The van der Waals surface area contributed by atoms with Gasteiger partial charge in [-0.3, -0.25) is 4.79 Å². The molecule has 1 aromatic heterocycles. The number of nitrogens with zero attached hydrogens (tertiary/aromatic N) is 2. The number of para-hydroxylation sites is 1. The first-order chi connectivity index (χ1) is 10.3. The van der Waals surface area contributed by atoms with E-state index in [1.165, 1.54) is 17.3 Å². The smallest absolute Gasteiger partial charge is 0.237 e. The van der Waals surface area contributed by atoms with Gasteiger partial charge in [-0.05, 0) is 36.6 Å². The first-order valence-electron chi connectivity index (χ1n) is 6.87. The van der Waals surface area contributed by atoms with Crippen molar-refractivity contribution in [1.82, 2.24) is 4.98 Å². The van der Waals surface area contributed by atoms with Gasteiger partial charge in [0.25, 0.3) is 0 Å². The Kier molecular flexibility index (Phi) is 4.46. The summed E-state index contributed by atoms with van der Waals surface area (Å²) in [6.45, 7) is 0.784. The van der Waals surface area contributed by atoms with Crippen LogP contribution in [0.4, 0.5) is 5.69 Å². The zero-order valence-corrected chi connectivity index (χ0v) is 13.0. The van der Waals surface area contributed by atoms with Crippen LogP contribution in [0.5, 0.6) is 0 Å². The van der Waals surface area contributed by atoms with Gasteiger partial charge in [0.2, 0.25) is 5.91 Å². The molecule has 1 aliphatic heterocycles. The second-order valence-corrected chi connectivity index (χ2v) is 6.23. The van der Waals surface area contributed by atoms with Crippen molar-refractivity contribution in [2.45, 2.75) is 17.9 Å². The van der Waals surface area contributed by atoms with Crippen molar-refractivity contribution in [3.05, 3.63) is 53.2 Å². The van der Waals surface area contributed by atoms with Crippen molar-refractivity contribution in [2.75, 3.05) is 17.2 Å². The molecule has 21 heavy (non-hydrogen) atoms. The van der Waals surface area contributed by atoms with E-state index >= 15 is 0 Å². The van der Waals surface area contributed by atoms with Crippen molar-refractivity contribution in [3.63, 3.8) is 0 Å². The van der Waals surface area contributed by atoms with Crippen LogP contribution in [0.3, 0.4) is 0 Å². The van der Waals surface area contributed by atoms with E-state index in [-0.39, 0.29) is 5.91 Å². The molecule has 1 amide bonds. The van der Waals surface area contributed by atoms with Crippen molar-refractivity contribution in [2.24, 2.45) is 0 Å². The molecular formula is C16H15ClN2OS. The average Bonchev–Trinajstić information content (AvgIpc) is 2.53. The van der Waals surface area contributed by atoms with Crippen LogP contribution in [0.25, 0.3) is 0 Å². The molecule has 1 aliphatic rings. The molecule has 0 fully saturated rings. The molecule has 108 valence electrons. The highest BCUT2D eigenvalue weighted by Gasteiger charge is 2.22. The van der Waals surface area contributed by atoms with Crippen LogP contribution in [-0.4, -0.2) is 23.2 Å². The minimum absolute atomic E-state index is 0.105. The lowest BCUT2D eigenvalue weighted by Gasteiger charge is -2.29. The predicted octanol–water partition coefficient (Wildman–Crippen LogP) is 3.81. The number of amides is 1. The Morgan fingerprint density at radius 2 is 2.14 bits per heavy atom. The van der Waals surface area contributed by atoms with Gasteiger partial charge in [-0.2, -0.15) is 0 Å². The van der Waals surface area contributed by atoms with Gasteiger partial charge in [-0.15, -0.1) is 0 Å². The number of benzene rings is 1. The maximum Gasteiger partial charge on any atom is 0.237 e. The number of aromatic nitrogens is 1. The first-order valence-corrected chi connectivity index (χ1v) is 8.23. The molecule has 2 aromatic rings. The molecule has 0 aliphatic carbocycles. The largest absolute Gasteiger partial charge is 0.311 e. The fraction of sp³-hybridized carbons (Fsp3) is 0.250. The summed E-state index contributed by atoms with van der Waals surface area (Å²) in [5, 5.41) is 1.30. The standard InChI is InChI=1S/C16H15ClN2OS/c17-13-7-3-9-18-16(13)21-11-15(20)19-10-4-6-12-5-1-2-8-14(12)19/h1-3,5,7-9H,4,6,10-11H2. The molecule has 0 N–H and O–H groups in total. The van der Waals surface area contributed by atoms with Crippen molar-refractivity contribution >= 4 is 35.0 Å². The van der Waals surface area contributed by atoms with E-state index in [1.807, 2.05) is 23.1 Å². The third kappa shape index (κ3) is 3.22. The van der Waals surface area contributed by atoms with E-state index in [2.05, 4.69) is 11.1 Å². The van der Waals surface area contributed by atoms with E-state index in [1.54, 1.807) is 18.3 Å². The van der Waals surface area contributed by atoms with Crippen molar-refractivity contribution in [1.29, 1.82) is 0 Å².